The largest absolute Gasteiger partial charge is 0.870 e. The van der Waals surface area contributed by atoms with Crippen LogP contribution >= 0.6 is 11.6 Å². The number of fused-ring (bicyclic) bond motifs is 2. The van der Waals surface area contributed by atoms with E-state index in [2.05, 4.69) is 0 Å². The summed E-state index contributed by atoms with van der Waals surface area (Å²) in [6, 6.07) is 11.9. The Bertz CT molecular complexity index is 957. The number of anilines is 1. The van der Waals surface area contributed by atoms with Gasteiger partial charge in [-0.2, -0.15) is 5.01 Å². The molecule has 0 unspecified atom stereocenters. The van der Waals surface area contributed by atoms with E-state index in [9.17, 15) is 9.50 Å². The maximum Gasteiger partial charge on any atom is 0.270 e. The maximum absolute atomic E-state index is 13.5. The van der Waals surface area contributed by atoms with Gasteiger partial charge < -0.3 is 15.5 Å². The molecule has 7 heteroatoms. The van der Waals surface area contributed by atoms with E-state index >= 15 is 0 Å². The monoisotopic (exact) mass is 347 g/mol. The van der Waals surface area contributed by atoms with E-state index in [4.69, 9.17) is 11.6 Å². The fraction of sp³-hybridized carbons (Fsp3) is 0.0588. The van der Waals surface area contributed by atoms with Crippen molar-refractivity contribution >= 4 is 29.2 Å². The number of hydrogen-bond donors (Lipinski definition) is 2. The summed E-state index contributed by atoms with van der Waals surface area (Å²) in [7, 11) is 1.83. The number of nitrogens with two attached hydrogens (primary N) is 1. The summed E-state index contributed by atoms with van der Waals surface area (Å²) in [6.07, 6.45) is 1.81. The van der Waals surface area contributed by atoms with Gasteiger partial charge in [0.1, 0.15) is 5.82 Å². The number of aliphatic hydroxyl groups excluding tert-OH is 1. The van der Waals surface area contributed by atoms with Crippen LogP contribution in [0.3, 0.4) is 0 Å². The molecule has 2 aromatic carbocycles. The fourth-order valence-corrected chi connectivity index (χ4v) is 3.11. The molecule has 0 saturated heterocycles. The Balaban J connectivity index is 0.00000169. The van der Waals surface area contributed by atoms with E-state index in [0.29, 0.717) is 10.7 Å². The summed E-state index contributed by atoms with van der Waals surface area (Å²) in [5, 5.41) is 14.7. The second-order valence-corrected chi connectivity index (χ2v) is 5.97. The second kappa shape index (κ2) is 5.83. The molecule has 4 N–H and O–H groups in total. The van der Waals surface area contributed by atoms with Crippen molar-refractivity contribution in [1.29, 1.82) is 0 Å². The maximum atomic E-state index is 13.5. The Morgan fingerprint density at radius 1 is 1.12 bits per heavy atom. The quantitative estimate of drug-likeness (QED) is 0.749. The lowest BCUT2D eigenvalue weighted by Gasteiger charge is -2.17. The molecule has 0 atom stereocenters. The normalized spacial score (nSPS) is 15.7. The Kier molecular flexibility index (Phi) is 3.96. The van der Waals surface area contributed by atoms with Gasteiger partial charge in [-0.15, -0.1) is 0 Å². The molecule has 0 saturated carbocycles. The number of quaternary nitrogens is 1. The molecular weight excluding hydrogens is 333 g/mol. The number of likely N-dealkylation sites (N-methyl/N-ethyl adjacent to an activating group) is 1. The van der Waals surface area contributed by atoms with E-state index in [-0.39, 0.29) is 17.2 Å². The number of hydrogen-bond acceptors (Lipinski definition) is 4. The van der Waals surface area contributed by atoms with Gasteiger partial charge in [-0.1, -0.05) is 11.6 Å². The molecular formula is C17H15ClFN3O2. The first-order valence-corrected chi connectivity index (χ1v) is 7.50. The molecule has 124 valence electrons. The van der Waals surface area contributed by atoms with E-state index < -0.39 is 0 Å². The Hall–Kier alpha value is -2.54. The van der Waals surface area contributed by atoms with Crippen molar-refractivity contribution in [3.63, 3.8) is 0 Å². The topological polar surface area (TPSA) is 73.3 Å². The average molecular weight is 348 g/mol. The van der Waals surface area contributed by atoms with Gasteiger partial charge in [-0.25, -0.2) is 9.82 Å². The Morgan fingerprint density at radius 2 is 1.83 bits per heavy atom. The van der Waals surface area contributed by atoms with Crippen LogP contribution in [-0.2, 0) is 0 Å². The first-order valence-electron chi connectivity index (χ1n) is 7.12. The van der Waals surface area contributed by atoms with Crippen molar-refractivity contribution in [1.82, 2.24) is 4.90 Å². The summed E-state index contributed by atoms with van der Waals surface area (Å²) in [6.45, 7) is 0. The molecule has 24 heavy (non-hydrogen) atoms. The third-order valence-electron chi connectivity index (χ3n) is 4.05. The van der Waals surface area contributed by atoms with Gasteiger partial charge in [0.25, 0.3) is 5.88 Å². The molecule has 5 nitrogen and oxygen atoms in total. The molecule has 0 fully saturated rings. The highest BCUT2D eigenvalue weighted by molar-refractivity contribution is 6.30. The molecule has 0 bridgehead atoms. The molecule has 2 heterocycles. The number of nitrogens with zero attached hydrogens (tertiary/aromatic N) is 2. The third kappa shape index (κ3) is 2.41. The van der Waals surface area contributed by atoms with Crippen molar-refractivity contribution in [2.24, 2.45) is 0 Å². The van der Waals surface area contributed by atoms with E-state index in [1.165, 1.54) is 12.1 Å². The van der Waals surface area contributed by atoms with Gasteiger partial charge >= 0.3 is 0 Å². The highest BCUT2D eigenvalue weighted by atomic mass is 35.5. The Labute approximate surface area is 142 Å². The van der Waals surface area contributed by atoms with Crippen LogP contribution in [0.4, 0.5) is 10.1 Å². The zero-order chi connectivity index (χ0) is 16.1. The molecule has 2 aliphatic rings. The minimum absolute atomic E-state index is 0. The molecule has 4 rings (SSSR count). The van der Waals surface area contributed by atoms with Crippen molar-refractivity contribution < 1.29 is 20.4 Å². The molecule has 0 radical (unpaired) electrons. The number of benzene rings is 2. The predicted molar refractivity (Wildman–Crippen MR) is 88.7 cm³/mol. The van der Waals surface area contributed by atoms with Crippen LogP contribution in [0, 0.1) is 5.82 Å². The minimum atomic E-state index is -0.279. The zero-order valence-corrected chi connectivity index (χ0v) is 13.5. The Morgan fingerprint density at radius 3 is 2.54 bits per heavy atom. The number of rotatable bonds is 1. The average Bonchev–Trinajstić information content (AvgIpc) is 2.86. The van der Waals surface area contributed by atoms with Crippen LogP contribution < -0.4 is 20.9 Å². The first kappa shape index (κ1) is 16.3. The predicted octanol–water partition coefficient (Wildman–Crippen LogP) is 0.820. The van der Waals surface area contributed by atoms with Crippen LogP contribution in [0.15, 0.2) is 54.0 Å². The SMILES string of the molecule is CN1C=c2cc(F)ccc2=C2[NH2+]N(c3ccc(Cl)cc3)C(O)=C21.[OH-]. The van der Waals surface area contributed by atoms with Crippen LogP contribution in [-0.4, -0.2) is 22.5 Å². The third-order valence-corrected chi connectivity index (χ3v) is 4.30. The van der Waals surface area contributed by atoms with Crippen LogP contribution in [0.25, 0.3) is 11.9 Å². The zero-order valence-electron chi connectivity index (χ0n) is 12.7. The van der Waals surface area contributed by atoms with Crippen molar-refractivity contribution in [3.05, 3.63) is 75.3 Å². The van der Waals surface area contributed by atoms with Crippen molar-refractivity contribution in [2.45, 2.75) is 0 Å². The number of halogens is 2. The van der Waals surface area contributed by atoms with Gasteiger partial charge in [0.2, 0.25) is 0 Å². The molecule has 0 spiro atoms. The van der Waals surface area contributed by atoms with Crippen LogP contribution in [0.5, 0.6) is 0 Å². The fourth-order valence-electron chi connectivity index (χ4n) is 2.99. The standard InChI is InChI=1S/C17H13ClFN3O.H2O/c1-21-9-10-8-12(19)4-7-14(10)15-16(21)17(23)22(20-15)13-5-2-11(18)3-6-13;/h2-9,20,23H,1H3;1H2. The molecule has 2 aromatic rings. The van der Waals surface area contributed by atoms with Crippen molar-refractivity contribution in [3.8, 4) is 0 Å². The minimum Gasteiger partial charge on any atom is -0.870 e. The van der Waals surface area contributed by atoms with Gasteiger partial charge in [0.15, 0.2) is 11.4 Å². The lowest BCUT2D eigenvalue weighted by molar-refractivity contribution is -0.568. The van der Waals surface area contributed by atoms with Crippen LogP contribution in [0.2, 0.25) is 5.02 Å². The van der Waals surface area contributed by atoms with Gasteiger partial charge in [-0.3, -0.25) is 0 Å². The lowest BCUT2D eigenvalue weighted by atomic mass is 10.1. The van der Waals surface area contributed by atoms with Gasteiger partial charge in [-0.05, 0) is 42.5 Å². The first-order chi connectivity index (χ1) is 11.0. The lowest BCUT2D eigenvalue weighted by Crippen LogP contribution is -2.90. The number of aliphatic hydroxyl groups is 1. The van der Waals surface area contributed by atoms with Crippen molar-refractivity contribution in [2.75, 3.05) is 12.1 Å². The molecule has 0 aromatic heterocycles. The summed E-state index contributed by atoms with van der Waals surface area (Å²) in [5.41, 5.74) is 4.21. The summed E-state index contributed by atoms with van der Waals surface area (Å²) in [5.74, 6) is -0.144. The molecule has 0 aliphatic carbocycles. The van der Waals surface area contributed by atoms with E-state index in [1.54, 1.807) is 28.1 Å². The van der Waals surface area contributed by atoms with Gasteiger partial charge in [0.05, 0.1) is 5.69 Å². The highest BCUT2D eigenvalue weighted by Crippen LogP contribution is 2.26. The summed E-state index contributed by atoms with van der Waals surface area (Å²) < 4.78 is 13.5. The summed E-state index contributed by atoms with van der Waals surface area (Å²) in [4.78, 5) is 1.80. The smallest absolute Gasteiger partial charge is 0.270 e. The van der Waals surface area contributed by atoms with Crippen LogP contribution in [0.1, 0.15) is 0 Å². The van der Waals surface area contributed by atoms with Gasteiger partial charge in [0, 0.05) is 28.7 Å². The second-order valence-electron chi connectivity index (χ2n) is 5.53. The molecule has 0 amide bonds. The van der Waals surface area contributed by atoms with E-state index in [1.807, 2.05) is 30.8 Å². The molecule has 2 aliphatic heterocycles. The summed E-state index contributed by atoms with van der Waals surface area (Å²) >= 11 is 5.92. The van der Waals surface area contributed by atoms with E-state index in [0.717, 1.165) is 21.8 Å². The highest BCUT2D eigenvalue weighted by Gasteiger charge is 2.36.